The molecule has 3 aromatic rings. The first-order valence-electron chi connectivity index (χ1n) is 10.1. The average molecular weight is 602 g/mol. The number of aliphatic imine (C=N–C) groups is 1. The molecule has 1 amide bonds. The van der Waals surface area contributed by atoms with Crippen LogP contribution in [0.4, 0.5) is 5.13 Å². The summed E-state index contributed by atoms with van der Waals surface area (Å²) in [5, 5.41) is 40.4. The van der Waals surface area contributed by atoms with E-state index in [2.05, 4.69) is 25.3 Å². The van der Waals surface area contributed by atoms with Crippen LogP contribution in [0, 0.1) is 0 Å². The SMILES string of the molecule is Nc1nc(/C(=N/O)C([O-])=N[C@@H]2C(=O)N3C(C(=O)O)=C(/C=C/c4cc(-c5nccs5)no4)CS[C@H]23)c(Cl)s1.[Na+]. The molecule has 0 unspecified atom stereocenters. The van der Waals surface area contributed by atoms with E-state index in [9.17, 15) is 25.0 Å². The minimum atomic E-state index is -1.31. The molecule has 1 fully saturated rings. The molecule has 38 heavy (non-hydrogen) atoms. The van der Waals surface area contributed by atoms with Crippen molar-refractivity contribution in [1.82, 2.24) is 20.0 Å². The van der Waals surface area contributed by atoms with Gasteiger partial charge in [-0.2, -0.15) is 0 Å². The van der Waals surface area contributed by atoms with E-state index in [1.165, 1.54) is 29.2 Å². The number of nitrogens with zero attached hydrogens (tertiary/aromatic N) is 6. The molecule has 2 aliphatic heterocycles. The number of carboxylic acids is 1. The fourth-order valence-corrected chi connectivity index (χ4v) is 6.40. The number of aromatic nitrogens is 3. The molecule has 5 rings (SSSR count). The zero-order valence-corrected chi connectivity index (χ0v) is 24.3. The zero-order chi connectivity index (χ0) is 26.3. The zero-order valence-electron chi connectivity index (χ0n) is 19.1. The van der Waals surface area contributed by atoms with Gasteiger partial charge in [0.15, 0.2) is 16.9 Å². The smallest absolute Gasteiger partial charge is 0.857 e. The Hall–Kier alpha value is -2.73. The van der Waals surface area contributed by atoms with Crippen molar-refractivity contribution in [2.75, 3.05) is 11.5 Å². The van der Waals surface area contributed by atoms with E-state index in [4.69, 9.17) is 21.9 Å². The molecular weight excluding hydrogens is 589 g/mol. The molecule has 0 radical (unpaired) electrons. The van der Waals surface area contributed by atoms with Crippen LogP contribution in [0.1, 0.15) is 11.5 Å². The molecular formula is C20H13ClN7NaO6S3. The Morgan fingerprint density at radius 1 is 1.39 bits per heavy atom. The number of halogens is 1. The van der Waals surface area contributed by atoms with E-state index < -0.39 is 34.9 Å². The van der Waals surface area contributed by atoms with Crippen LogP contribution in [0.25, 0.3) is 16.8 Å². The number of allylic oxidation sites excluding steroid dienone is 1. The number of β-lactam (4-membered cyclic amide) rings is 1. The molecule has 13 nitrogen and oxygen atoms in total. The van der Waals surface area contributed by atoms with Gasteiger partial charge in [-0.1, -0.05) is 39.3 Å². The van der Waals surface area contributed by atoms with Crippen LogP contribution in [0.3, 0.4) is 0 Å². The molecule has 2 aliphatic rings. The van der Waals surface area contributed by atoms with Crippen molar-refractivity contribution in [3.8, 4) is 10.7 Å². The minimum absolute atomic E-state index is 0. The Morgan fingerprint density at radius 2 is 2.18 bits per heavy atom. The number of nitrogen functional groups attached to an aromatic ring is 1. The Kier molecular flexibility index (Phi) is 8.61. The van der Waals surface area contributed by atoms with Gasteiger partial charge in [0.05, 0.1) is 0 Å². The van der Waals surface area contributed by atoms with Crippen LogP contribution in [-0.4, -0.2) is 71.0 Å². The molecule has 190 valence electrons. The van der Waals surface area contributed by atoms with E-state index in [1.807, 2.05) is 0 Å². The van der Waals surface area contributed by atoms with Gasteiger partial charge in [0.1, 0.15) is 37.5 Å². The molecule has 4 N–H and O–H groups in total. The molecule has 5 heterocycles. The standard InChI is InChI=1S/C20H14ClN7O6S3.Na/c21-14-10(25-20(22)37-14)11(26-33)15(29)24-12-17(30)28-13(19(31)32)7(6-36-18(12)28)1-2-8-5-9(27-34-8)16-23-3-4-35-16;/h1-5,12,18,33H,6H2,(H2,22,25)(H,24,29)(H,31,32);/q;+1/p-1/b2-1+,26-11-;/t12-,18-;/m1./s1. The van der Waals surface area contributed by atoms with Crippen molar-refractivity contribution >= 4 is 80.7 Å². The fraction of sp³-hybridized carbons (Fsp3) is 0.150. The minimum Gasteiger partial charge on any atom is -0.857 e. The van der Waals surface area contributed by atoms with Crippen molar-refractivity contribution in [2.24, 2.45) is 10.1 Å². The first kappa shape index (κ1) is 28.3. The number of fused-ring (bicyclic) bond motifs is 1. The van der Waals surface area contributed by atoms with Crippen LogP contribution in [0.5, 0.6) is 0 Å². The Bertz CT molecular complexity index is 1520. The molecule has 18 heteroatoms. The summed E-state index contributed by atoms with van der Waals surface area (Å²) in [6, 6.07) is 0.478. The van der Waals surface area contributed by atoms with Gasteiger partial charge in [-0.15, -0.1) is 23.1 Å². The topological polar surface area (TPSA) is 203 Å². The van der Waals surface area contributed by atoms with Crippen molar-refractivity contribution in [3.05, 3.63) is 50.8 Å². The molecule has 0 bridgehead atoms. The summed E-state index contributed by atoms with van der Waals surface area (Å²) >= 11 is 9.47. The van der Waals surface area contributed by atoms with Gasteiger partial charge in [-0.05, 0) is 11.6 Å². The number of anilines is 1. The molecule has 2 atom stereocenters. The summed E-state index contributed by atoms with van der Waals surface area (Å²) in [5.41, 5.74) is 5.50. The van der Waals surface area contributed by atoms with Crippen LogP contribution in [-0.2, 0) is 9.59 Å². The van der Waals surface area contributed by atoms with Gasteiger partial charge in [0.25, 0.3) is 5.91 Å². The first-order valence-corrected chi connectivity index (χ1v) is 13.3. The van der Waals surface area contributed by atoms with E-state index >= 15 is 0 Å². The number of hydrogen-bond donors (Lipinski definition) is 3. The third-order valence-corrected chi connectivity index (χ3v) is 8.35. The van der Waals surface area contributed by atoms with Crippen molar-refractivity contribution < 1.29 is 59.1 Å². The van der Waals surface area contributed by atoms with Crippen LogP contribution >= 0.6 is 46.0 Å². The third-order valence-electron chi connectivity index (χ3n) is 5.19. The Morgan fingerprint density at radius 3 is 2.82 bits per heavy atom. The first-order chi connectivity index (χ1) is 17.8. The Balaban J connectivity index is 0.00000336. The summed E-state index contributed by atoms with van der Waals surface area (Å²) in [6.45, 7) is 0. The second kappa shape index (κ2) is 11.6. The molecule has 0 spiro atoms. The number of thioether (sulfide) groups is 1. The van der Waals surface area contributed by atoms with E-state index in [0.717, 1.165) is 16.2 Å². The number of carboxylic acid groups (broad SMARTS) is 1. The van der Waals surface area contributed by atoms with E-state index in [-0.39, 0.29) is 56.2 Å². The summed E-state index contributed by atoms with van der Waals surface area (Å²) in [4.78, 5) is 37.8. The van der Waals surface area contributed by atoms with Gasteiger partial charge in [-0.25, -0.2) is 14.8 Å². The molecule has 0 aromatic carbocycles. The number of aliphatic carboxylic acids is 1. The maximum Gasteiger partial charge on any atom is 1.00 e. The summed E-state index contributed by atoms with van der Waals surface area (Å²) < 4.78 is 5.28. The number of rotatable bonds is 7. The number of carbonyl (C=O) groups excluding carboxylic acids is 1. The fourth-order valence-electron chi connectivity index (χ4n) is 3.58. The number of carbonyl (C=O) groups is 2. The predicted molar refractivity (Wildman–Crippen MR) is 135 cm³/mol. The molecule has 1 saturated heterocycles. The van der Waals surface area contributed by atoms with Crippen LogP contribution in [0.15, 0.2) is 49.7 Å². The summed E-state index contributed by atoms with van der Waals surface area (Å²) in [5.74, 6) is -2.45. The molecule has 0 saturated carbocycles. The van der Waals surface area contributed by atoms with Crippen molar-refractivity contribution in [2.45, 2.75) is 11.4 Å². The van der Waals surface area contributed by atoms with Crippen LogP contribution in [0.2, 0.25) is 4.34 Å². The number of thiazole rings is 2. The number of nitrogens with two attached hydrogens (primary N) is 1. The van der Waals surface area contributed by atoms with Crippen LogP contribution < -0.4 is 40.4 Å². The molecule has 0 aliphatic carbocycles. The third kappa shape index (κ3) is 5.25. The maximum absolute atomic E-state index is 12.9. The Labute approximate surface area is 252 Å². The van der Waals surface area contributed by atoms with Crippen molar-refractivity contribution in [1.29, 1.82) is 0 Å². The maximum atomic E-state index is 12.9. The second-order valence-electron chi connectivity index (χ2n) is 7.38. The normalized spacial score (nSPS) is 19.9. The quantitative estimate of drug-likeness (QED) is 0.0730. The van der Waals surface area contributed by atoms with Gasteiger partial charge in [0.2, 0.25) is 0 Å². The average Bonchev–Trinajstić information content (AvgIpc) is 3.62. The summed E-state index contributed by atoms with van der Waals surface area (Å²) in [7, 11) is 0. The largest absolute Gasteiger partial charge is 1.00 e. The van der Waals surface area contributed by atoms with E-state index in [1.54, 1.807) is 23.7 Å². The second-order valence-corrected chi connectivity index (χ2v) is 11.0. The predicted octanol–water partition coefficient (Wildman–Crippen LogP) is -1.23. The van der Waals surface area contributed by atoms with Gasteiger partial charge in [0, 0.05) is 29.3 Å². The van der Waals surface area contributed by atoms with E-state index in [0.29, 0.717) is 22.0 Å². The number of amides is 1. The number of hydrogen-bond acceptors (Lipinski definition) is 14. The van der Waals surface area contributed by atoms with Gasteiger partial charge in [-0.3, -0.25) is 14.7 Å². The molecule has 3 aromatic heterocycles. The number of oxime groups is 1. The van der Waals surface area contributed by atoms with Crippen molar-refractivity contribution in [3.63, 3.8) is 0 Å². The monoisotopic (exact) mass is 601 g/mol. The summed E-state index contributed by atoms with van der Waals surface area (Å²) in [6.07, 6.45) is 4.72. The van der Waals surface area contributed by atoms with Gasteiger partial charge >= 0.3 is 35.5 Å². The van der Waals surface area contributed by atoms with Gasteiger partial charge < -0.3 is 25.7 Å².